The Morgan fingerprint density at radius 2 is 2.20 bits per heavy atom. The molecule has 0 spiro atoms. The van der Waals surface area contributed by atoms with Crippen molar-refractivity contribution in [1.82, 2.24) is 9.71 Å². The summed E-state index contributed by atoms with van der Waals surface area (Å²) in [6.07, 6.45) is 1.55. The Bertz CT molecular complexity index is 731. The van der Waals surface area contributed by atoms with Crippen molar-refractivity contribution in [2.45, 2.75) is 11.4 Å². The normalized spacial score (nSPS) is 11.4. The average Bonchev–Trinajstić information content (AvgIpc) is 2.89. The molecule has 0 amide bonds. The van der Waals surface area contributed by atoms with E-state index in [0.29, 0.717) is 5.01 Å². The predicted molar refractivity (Wildman–Crippen MR) is 74.2 cm³/mol. The van der Waals surface area contributed by atoms with E-state index in [2.05, 4.69) is 9.71 Å². The summed E-state index contributed by atoms with van der Waals surface area (Å²) in [5.74, 6) is 0. The molecular weight excluding hydrogens is 326 g/mol. The van der Waals surface area contributed by atoms with Crippen molar-refractivity contribution < 1.29 is 13.3 Å². The van der Waals surface area contributed by atoms with Gasteiger partial charge in [0.1, 0.15) is 9.90 Å². The molecule has 0 atom stereocenters. The summed E-state index contributed by atoms with van der Waals surface area (Å²) < 4.78 is 26.5. The molecule has 0 unspecified atom stereocenters. The number of nitro benzene ring substituents is 1. The van der Waals surface area contributed by atoms with Gasteiger partial charge in [0.25, 0.3) is 5.69 Å². The van der Waals surface area contributed by atoms with Crippen molar-refractivity contribution in [3.63, 3.8) is 0 Å². The minimum absolute atomic E-state index is 0.000971. The molecule has 106 valence electrons. The van der Waals surface area contributed by atoms with Crippen molar-refractivity contribution in [3.05, 3.63) is 49.9 Å². The van der Waals surface area contributed by atoms with Gasteiger partial charge < -0.3 is 0 Å². The Morgan fingerprint density at radius 3 is 2.80 bits per heavy atom. The molecule has 0 saturated carbocycles. The molecule has 0 fully saturated rings. The maximum absolute atomic E-state index is 12.1. The number of rotatable bonds is 5. The van der Waals surface area contributed by atoms with Gasteiger partial charge in [0, 0.05) is 23.7 Å². The van der Waals surface area contributed by atoms with Crippen LogP contribution in [-0.4, -0.2) is 18.3 Å². The van der Waals surface area contributed by atoms with Crippen LogP contribution in [0.2, 0.25) is 5.02 Å². The predicted octanol–water partition coefficient (Wildman–Crippen LogP) is 2.18. The minimum Gasteiger partial charge on any atom is -0.258 e. The van der Waals surface area contributed by atoms with Crippen LogP contribution in [0.4, 0.5) is 5.69 Å². The van der Waals surface area contributed by atoms with Crippen molar-refractivity contribution in [2.75, 3.05) is 0 Å². The fourth-order valence-corrected chi connectivity index (χ4v) is 3.54. The zero-order valence-corrected chi connectivity index (χ0v) is 12.2. The van der Waals surface area contributed by atoms with Crippen molar-refractivity contribution >= 4 is 38.6 Å². The second kappa shape index (κ2) is 5.83. The number of thiazole rings is 1. The van der Waals surface area contributed by atoms with Gasteiger partial charge in [0.15, 0.2) is 0 Å². The summed E-state index contributed by atoms with van der Waals surface area (Å²) in [5.41, 5.74) is -0.343. The molecule has 7 nitrogen and oxygen atoms in total. The molecule has 0 radical (unpaired) electrons. The summed E-state index contributed by atoms with van der Waals surface area (Å²) in [7, 11) is -3.94. The Hall–Kier alpha value is -1.55. The summed E-state index contributed by atoms with van der Waals surface area (Å²) in [6, 6.07) is 3.24. The Kier molecular flexibility index (Phi) is 4.33. The van der Waals surface area contributed by atoms with E-state index >= 15 is 0 Å². The summed E-state index contributed by atoms with van der Waals surface area (Å²) in [6.45, 7) is -0.000971. The smallest absolute Gasteiger partial charge is 0.258 e. The summed E-state index contributed by atoms with van der Waals surface area (Å²) in [4.78, 5) is 13.6. The third kappa shape index (κ3) is 3.31. The van der Waals surface area contributed by atoms with Crippen LogP contribution in [0.15, 0.2) is 34.7 Å². The van der Waals surface area contributed by atoms with Crippen molar-refractivity contribution in [3.8, 4) is 0 Å². The molecule has 0 bridgehead atoms. The largest absolute Gasteiger partial charge is 0.270 e. The van der Waals surface area contributed by atoms with Gasteiger partial charge in [0.2, 0.25) is 10.0 Å². The second-order valence-corrected chi connectivity index (χ2v) is 6.74. The molecule has 0 saturated heterocycles. The number of hydrogen-bond donors (Lipinski definition) is 1. The van der Waals surface area contributed by atoms with E-state index in [9.17, 15) is 18.5 Å². The van der Waals surface area contributed by atoms with Crippen molar-refractivity contribution in [1.29, 1.82) is 0 Å². The molecule has 1 N–H and O–H groups in total. The fourth-order valence-electron chi connectivity index (χ4n) is 1.39. The maximum Gasteiger partial charge on any atom is 0.270 e. The lowest BCUT2D eigenvalue weighted by Gasteiger charge is -2.07. The Labute approximate surface area is 123 Å². The van der Waals surface area contributed by atoms with Gasteiger partial charge in [-0.05, 0) is 6.07 Å². The van der Waals surface area contributed by atoms with Gasteiger partial charge in [0.05, 0.1) is 16.5 Å². The highest BCUT2D eigenvalue weighted by Gasteiger charge is 2.21. The first kappa shape index (κ1) is 14.9. The van der Waals surface area contributed by atoms with Crippen LogP contribution in [-0.2, 0) is 16.6 Å². The number of sulfonamides is 1. The molecule has 2 rings (SSSR count). The van der Waals surface area contributed by atoms with Crippen LogP contribution >= 0.6 is 22.9 Å². The second-order valence-electron chi connectivity index (χ2n) is 3.62. The number of hydrogen-bond acceptors (Lipinski definition) is 6. The molecule has 0 aliphatic carbocycles. The van der Waals surface area contributed by atoms with Crippen LogP contribution in [0.3, 0.4) is 0 Å². The van der Waals surface area contributed by atoms with E-state index in [1.54, 1.807) is 11.6 Å². The van der Waals surface area contributed by atoms with Gasteiger partial charge in [-0.3, -0.25) is 10.1 Å². The number of halogens is 1. The van der Waals surface area contributed by atoms with E-state index in [4.69, 9.17) is 11.6 Å². The van der Waals surface area contributed by atoms with Crippen LogP contribution < -0.4 is 4.72 Å². The highest BCUT2D eigenvalue weighted by molar-refractivity contribution is 7.89. The lowest BCUT2D eigenvalue weighted by atomic mass is 10.3. The zero-order valence-electron chi connectivity index (χ0n) is 9.82. The van der Waals surface area contributed by atoms with Crippen LogP contribution in [0.1, 0.15) is 5.01 Å². The highest BCUT2D eigenvalue weighted by Crippen LogP contribution is 2.26. The van der Waals surface area contributed by atoms with E-state index in [0.717, 1.165) is 12.1 Å². The maximum atomic E-state index is 12.1. The standard InChI is InChI=1S/C10H8ClN3O4S2/c11-8-2-1-7(14(15)16)5-9(8)20(17,18)13-6-10-12-3-4-19-10/h1-5,13H,6H2. The first-order valence-corrected chi connectivity index (χ1v) is 7.96. The fraction of sp³-hybridized carbons (Fsp3) is 0.100. The number of nitro groups is 1. The molecular formula is C10H8ClN3O4S2. The zero-order chi connectivity index (χ0) is 14.8. The monoisotopic (exact) mass is 333 g/mol. The van der Waals surface area contributed by atoms with Crippen LogP contribution in [0, 0.1) is 10.1 Å². The third-order valence-corrected chi connectivity index (χ3v) is 4.97. The third-order valence-electron chi connectivity index (χ3n) is 2.31. The van der Waals surface area contributed by atoms with Crippen LogP contribution in [0.5, 0.6) is 0 Å². The van der Waals surface area contributed by atoms with Gasteiger partial charge in [-0.15, -0.1) is 11.3 Å². The number of nitrogens with zero attached hydrogens (tertiary/aromatic N) is 2. The highest BCUT2D eigenvalue weighted by atomic mass is 35.5. The number of benzene rings is 1. The molecule has 0 aliphatic rings. The molecule has 0 aliphatic heterocycles. The average molecular weight is 334 g/mol. The quantitative estimate of drug-likeness (QED) is 0.667. The van der Waals surface area contributed by atoms with E-state index in [1.165, 1.54) is 17.4 Å². The van der Waals surface area contributed by atoms with Crippen molar-refractivity contribution in [2.24, 2.45) is 0 Å². The summed E-state index contributed by atoms with van der Waals surface area (Å²) >= 11 is 7.08. The first-order valence-electron chi connectivity index (χ1n) is 5.22. The molecule has 1 heterocycles. The summed E-state index contributed by atoms with van der Waals surface area (Å²) in [5, 5.41) is 12.9. The van der Waals surface area contributed by atoms with Gasteiger partial charge in [-0.1, -0.05) is 11.6 Å². The van der Waals surface area contributed by atoms with Crippen LogP contribution in [0.25, 0.3) is 0 Å². The lowest BCUT2D eigenvalue weighted by molar-refractivity contribution is -0.385. The number of non-ortho nitro benzene ring substituents is 1. The molecule has 10 heteroatoms. The number of nitrogens with one attached hydrogen (secondary N) is 1. The molecule has 20 heavy (non-hydrogen) atoms. The first-order chi connectivity index (χ1) is 9.40. The topological polar surface area (TPSA) is 102 Å². The SMILES string of the molecule is O=[N+]([O-])c1ccc(Cl)c(S(=O)(=O)NCc2nccs2)c1. The number of aromatic nitrogens is 1. The lowest BCUT2D eigenvalue weighted by Crippen LogP contribution is -2.23. The molecule has 1 aromatic carbocycles. The van der Waals surface area contributed by atoms with E-state index < -0.39 is 14.9 Å². The van der Waals surface area contributed by atoms with Gasteiger partial charge >= 0.3 is 0 Å². The Morgan fingerprint density at radius 1 is 1.45 bits per heavy atom. The molecule has 1 aromatic heterocycles. The van der Waals surface area contributed by atoms with Gasteiger partial charge in [-0.25, -0.2) is 18.1 Å². The van der Waals surface area contributed by atoms with Gasteiger partial charge in [-0.2, -0.15) is 0 Å². The minimum atomic E-state index is -3.94. The van der Waals surface area contributed by atoms with E-state index in [1.807, 2.05) is 0 Å². The Balaban J connectivity index is 2.28. The van der Waals surface area contributed by atoms with E-state index in [-0.39, 0.29) is 22.2 Å². The molecule has 2 aromatic rings.